The molecule has 1 aromatic heterocycles. The highest BCUT2D eigenvalue weighted by Crippen LogP contribution is 2.38. The molecule has 18 heavy (non-hydrogen) atoms. The summed E-state index contributed by atoms with van der Waals surface area (Å²) in [6.07, 6.45) is -9.70. The zero-order valence-electron chi connectivity index (χ0n) is 8.36. The standard InChI is InChI=1S/C8H5ClF6N2O/c9-1-3-5(16)4(18-8(13,14)15)2-17-6(3)7(10,11)12/h2H,1H2,(H2,16,17). The number of halogens is 7. The Morgan fingerprint density at radius 3 is 2.17 bits per heavy atom. The van der Waals surface area contributed by atoms with Gasteiger partial charge in [-0.2, -0.15) is 13.2 Å². The van der Waals surface area contributed by atoms with Crippen molar-refractivity contribution < 1.29 is 31.1 Å². The molecule has 2 N–H and O–H groups in total. The Labute approximate surface area is 101 Å². The minimum Gasteiger partial charge on any atom is -0.402 e. The number of hydrogen-bond acceptors (Lipinski definition) is 3. The number of aromatic nitrogens is 1. The molecule has 0 aliphatic heterocycles. The molecule has 1 rings (SSSR count). The highest BCUT2D eigenvalue weighted by molar-refractivity contribution is 6.17. The summed E-state index contributed by atoms with van der Waals surface area (Å²) in [6, 6.07) is 0. The number of pyridine rings is 1. The van der Waals surface area contributed by atoms with Gasteiger partial charge in [-0.1, -0.05) is 0 Å². The van der Waals surface area contributed by atoms with Gasteiger partial charge in [0.1, 0.15) is 0 Å². The Morgan fingerprint density at radius 1 is 1.22 bits per heavy atom. The van der Waals surface area contributed by atoms with Crippen molar-refractivity contribution in [2.75, 3.05) is 5.73 Å². The summed E-state index contributed by atoms with van der Waals surface area (Å²) >= 11 is 5.23. The van der Waals surface area contributed by atoms with Crippen LogP contribution in [0.3, 0.4) is 0 Å². The van der Waals surface area contributed by atoms with Gasteiger partial charge in [-0.05, 0) is 0 Å². The summed E-state index contributed by atoms with van der Waals surface area (Å²) < 4.78 is 76.6. The number of nitrogen functional groups attached to an aromatic ring is 1. The van der Waals surface area contributed by atoms with Crippen LogP contribution in [0.25, 0.3) is 0 Å². The van der Waals surface area contributed by atoms with Gasteiger partial charge in [0.2, 0.25) is 0 Å². The van der Waals surface area contributed by atoms with Crippen LogP contribution in [0.1, 0.15) is 11.3 Å². The second kappa shape index (κ2) is 4.71. The first kappa shape index (κ1) is 14.7. The predicted octanol–water partition coefficient (Wildman–Crippen LogP) is 3.32. The fraction of sp³-hybridized carbons (Fsp3) is 0.375. The first-order valence-electron chi connectivity index (χ1n) is 4.22. The molecule has 102 valence electrons. The predicted molar refractivity (Wildman–Crippen MR) is 49.9 cm³/mol. The molecule has 0 bridgehead atoms. The van der Waals surface area contributed by atoms with E-state index in [1.807, 2.05) is 0 Å². The summed E-state index contributed by atoms with van der Waals surface area (Å²) in [7, 11) is 0. The molecule has 0 saturated heterocycles. The number of alkyl halides is 7. The molecule has 0 radical (unpaired) electrons. The molecule has 0 fully saturated rings. The van der Waals surface area contributed by atoms with Gasteiger partial charge < -0.3 is 10.5 Å². The van der Waals surface area contributed by atoms with Gasteiger partial charge in [-0.3, -0.25) is 0 Å². The molecule has 0 saturated carbocycles. The van der Waals surface area contributed by atoms with Crippen molar-refractivity contribution in [3.8, 4) is 5.75 Å². The monoisotopic (exact) mass is 294 g/mol. The molecular weight excluding hydrogens is 290 g/mol. The highest BCUT2D eigenvalue weighted by atomic mass is 35.5. The van der Waals surface area contributed by atoms with Crippen LogP contribution >= 0.6 is 11.6 Å². The lowest BCUT2D eigenvalue weighted by atomic mass is 10.1. The summed E-state index contributed by atoms with van der Waals surface area (Å²) in [5.41, 5.74) is 2.11. The fourth-order valence-electron chi connectivity index (χ4n) is 1.13. The van der Waals surface area contributed by atoms with Crippen molar-refractivity contribution in [2.45, 2.75) is 18.4 Å². The average molecular weight is 295 g/mol. The van der Waals surface area contributed by atoms with Crippen LogP contribution in [-0.2, 0) is 12.1 Å². The van der Waals surface area contributed by atoms with Crippen molar-refractivity contribution in [3.05, 3.63) is 17.5 Å². The van der Waals surface area contributed by atoms with Crippen LogP contribution in [0.2, 0.25) is 0 Å². The first-order valence-corrected chi connectivity index (χ1v) is 4.76. The first-order chi connectivity index (χ1) is 8.06. The number of hydrogen-bond donors (Lipinski definition) is 1. The number of anilines is 1. The molecule has 1 aromatic rings. The zero-order chi connectivity index (χ0) is 14.1. The Balaban J connectivity index is 3.29. The molecule has 0 aliphatic rings. The van der Waals surface area contributed by atoms with E-state index in [-0.39, 0.29) is 6.20 Å². The van der Waals surface area contributed by atoms with E-state index in [1.54, 1.807) is 0 Å². The van der Waals surface area contributed by atoms with Gasteiger partial charge in [0.15, 0.2) is 11.4 Å². The van der Waals surface area contributed by atoms with Gasteiger partial charge in [0.25, 0.3) is 0 Å². The van der Waals surface area contributed by atoms with Crippen LogP contribution in [-0.4, -0.2) is 11.3 Å². The Morgan fingerprint density at radius 2 is 1.78 bits per heavy atom. The highest BCUT2D eigenvalue weighted by Gasteiger charge is 2.38. The van der Waals surface area contributed by atoms with E-state index in [9.17, 15) is 26.3 Å². The summed E-state index contributed by atoms with van der Waals surface area (Å²) in [5, 5.41) is 0. The number of nitrogens with two attached hydrogens (primary N) is 1. The van der Waals surface area contributed by atoms with Gasteiger partial charge in [0.05, 0.1) is 17.8 Å². The van der Waals surface area contributed by atoms with E-state index in [0.717, 1.165) is 0 Å². The van der Waals surface area contributed by atoms with Crippen molar-refractivity contribution in [3.63, 3.8) is 0 Å². The Bertz CT molecular complexity index is 444. The maximum Gasteiger partial charge on any atom is 0.573 e. The lowest BCUT2D eigenvalue weighted by Gasteiger charge is -2.16. The number of ether oxygens (including phenoxy) is 1. The van der Waals surface area contributed by atoms with E-state index >= 15 is 0 Å². The van der Waals surface area contributed by atoms with Crippen molar-refractivity contribution in [2.24, 2.45) is 0 Å². The zero-order valence-corrected chi connectivity index (χ0v) is 9.12. The van der Waals surface area contributed by atoms with E-state index < -0.39 is 41.1 Å². The quantitative estimate of drug-likeness (QED) is 0.672. The normalized spacial score (nSPS) is 12.6. The summed E-state index contributed by atoms with van der Waals surface area (Å²) in [4.78, 5) is 2.85. The van der Waals surface area contributed by atoms with Crippen molar-refractivity contribution >= 4 is 17.3 Å². The molecule has 0 amide bonds. The SMILES string of the molecule is Nc1c(OC(F)(F)F)cnc(C(F)(F)F)c1CCl. The minimum atomic E-state index is -5.08. The van der Waals surface area contributed by atoms with Crippen LogP contribution in [0.5, 0.6) is 5.75 Å². The smallest absolute Gasteiger partial charge is 0.402 e. The summed E-state index contributed by atoms with van der Waals surface area (Å²) in [6.45, 7) is 0. The molecule has 0 spiro atoms. The molecule has 0 atom stereocenters. The number of nitrogens with zero attached hydrogens (tertiary/aromatic N) is 1. The number of rotatable bonds is 2. The van der Waals surface area contributed by atoms with E-state index in [1.165, 1.54) is 0 Å². The van der Waals surface area contributed by atoms with Gasteiger partial charge in [-0.25, -0.2) is 4.98 Å². The van der Waals surface area contributed by atoms with Crippen LogP contribution in [0.4, 0.5) is 32.0 Å². The lowest BCUT2D eigenvalue weighted by Crippen LogP contribution is -2.20. The van der Waals surface area contributed by atoms with Crippen molar-refractivity contribution in [1.82, 2.24) is 4.98 Å². The van der Waals surface area contributed by atoms with Crippen molar-refractivity contribution in [1.29, 1.82) is 0 Å². The Hall–Kier alpha value is -1.38. The third-order valence-electron chi connectivity index (χ3n) is 1.82. The van der Waals surface area contributed by atoms with Gasteiger partial charge in [-0.15, -0.1) is 24.8 Å². The molecule has 3 nitrogen and oxygen atoms in total. The fourth-order valence-corrected chi connectivity index (χ4v) is 1.40. The molecule has 0 aromatic carbocycles. The molecule has 1 heterocycles. The Kier molecular flexibility index (Phi) is 3.84. The van der Waals surface area contributed by atoms with E-state index in [4.69, 9.17) is 17.3 Å². The minimum absolute atomic E-state index is 0.252. The maximum atomic E-state index is 12.4. The second-order valence-corrected chi connectivity index (χ2v) is 3.31. The van der Waals surface area contributed by atoms with E-state index in [0.29, 0.717) is 0 Å². The van der Waals surface area contributed by atoms with E-state index in [2.05, 4.69) is 9.72 Å². The second-order valence-electron chi connectivity index (χ2n) is 3.04. The van der Waals surface area contributed by atoms with Crippen LogP contribution < -0.4 is 10.5 Å². The maximum absolute atomic E-state index is 12.4. The molecule has 0 unspecified atom stereocenters. The molecule has 10 heteroatoms. The average Bonchev–Trinajstić information content (AvgIpc) is 2.17. The molecule has 0 aliphatic carbocycles. The van der Waals surface area contributed by atoms with Gasteiger partial charge >= 0.3 is 12.5 Å². The third kappa shape index (κ3) is 3.31. The topological polar surface area (TPSA) is 48.1 Å². The molecular formula is C8H5ClF6N2O. The largest absolute Gasteiger partial charge is 0.573 e. The van der Waals surface area contributed by atoms with Crippen LogP contribution in [0.15, 0.2) is 6.20 Å². The third-order valence-corrected chi connectivity index (χ3v) is 2.08. The summed E-state index contributed by atoms with van der Waals surface area (Å²) in [5.74, 6) is -1.77. The van der Waals surface area contributed by atoms with Crippen LogP contribution in [0, 0.1) is 0 Å². The van der Waals surface area contributed by atoms with Gasteiger partial charge in [0, 0.05) is 5.56 Å². The lowest BCUT2D eigenvalue weighted by molar-refractivity contribution is -0.274.